The Hall–Kier alpha value is -0.590. The molecule has 1 heteroatoms. The van der Waals surface area contributed by atoms with Gasteiger partial charge in [0.15, 0.2) is 0 Å². The predicted octanol–water partition coefficient (Wildman–Crippen LogP) is 2.32. The fourth-order valence-electron chi connectivity index (χ4n) is 2.67. The molecule has 60 valence electrons. The first-order valence-corrected chi connectivity index (χ1v) is 4.34. The number of hydrogen-bond donors (Lipinski definition) is 0. The second-order valence-electron chi connectivity index (χ2n) is 4.21. The highest BCUT2D eigenvalue weighted by Crippen LogP contribution is 2.53. The van der Waals surface area contributed by atoms with E-state index in [9.17, 15) is 4.79 Å². The molecule has 0 radical (unpaired) electrons. The fourth-order valence-corrected chi connectivity index (χ4v) is 2.67. The number of hydrogen-bond acceptors (Lipinski definition) is 1. The molecule has 0 saturated heterocycles. The summed E-state index contributed by atoms with van der Waals surface area (Å²) in [5.74, 6) is 0.664. The minimum Gasteiger partial charge on any atom is -0.299 e. The smallest absolute Gasteiger partial charge is 0.140 e. The van der Waals surface area contributed by atoms with Crippen molar-refractivity contribution >= 4 is 5.78 Å². The van der Waals surface area contributed by atoms with Gasteiger partial charge in [0.25, 0.3) is 0 Å². The molecule has 0 N–H and O–H groups in total. The molecule has 0 aromatic rings. The Kier molecular flexibility index (Phi) is 1.26. The third kappa shape index (κ3) is 0.800. The van der Waals surface area contributed by atoms with Crippen LogP contribution in [0.15, 0.2) is 12.2 Å². The first-order valence-electron chi connectivity index (χ1n) is 4.34. The molecule has 2 atom stereocenters. The van der Waals surface area contributed by atoms with Crippen LogP contribution in [0.5, 0.6) is 0 Å². The van der Waals surface area contributed by atoms with E-state index in [2.05, 4.69) is 13.5 Å². The quantitative estimate of drug-likeness (QED) is 0.484. The standard InChI is InChI=1S/C10H14O/c1-7-3-5-10(2)6-4-8(11)9(7)10/h9H,1,3-6H2,2H3/t9-,10+/m0/s1. The predicted molar refractivity (Wildman–Crippen MR) is 44.2 cm³/mol. The molecule has 2 aliphatic rings. The van der Waals surface area contributed by atoms with Crippen LogP contribution in [0.25, 0.3) is 0 Å². The van der Waals surface area contributed by atoms with Gasteiger partial charge in [-0.05, 0) is 24.7 Å². The van der Waals surface area contributed by atoms with E-state index in [0.717, 1.165) is 19.3 Å². The van der Waals surface area contributed by atoms with Crippen LogP contribution >= 0.6 is 0 Å². The molecule has 0 aromatic heterocycles. The van der Waals surface area contributed by atoms with Crippen molar-refractivity contribution < 1.29 is 4.79 Å². The van der Waals surface area contributed by atoms with Gasteiger partial charge in [0, 0.05) is 12.3 Å². The largest absolute Gasteiger partial charge is 0.299 e. The van der Waals surface area contributed by atoms with Crippen molar-refractivity contribution in [3.05, 3.63) is 12.2 Å². The summed E-state index contributed by atoms with van der Waals surface area (Å²) in [4.78, 5) is 11.4. The van der Waals surface area contributed by atoms with Crippen molar-refractivity contribution in [2.75, 3.05) is 0 Å². The Morgan fingerprint density at radius 3 is 2.73 bits per heavy atom. The van der Waals surface area contributed by atoms with E-state index < -0.39 is 0 Å². The van der Waals surface area contributed by atoms with Gasteiger partial charge < -0.3 is 0 Å². The number of allylic oxidation sites excluding steroid dienone is 1. The van der Waals surface area contributed by atoms with Crippen LogP contribution in [0.1, 0.15) is 32.6 Å². The highest BCUT2D eigenvalue weighted by molar-refractivity contribution is 5.87. The first-order chi connectivity index (χ1) is 5.13. The number of carbonyl (C=O) groups is 1. The van der Waals surface area contributed by atoms with E-state index >= 15 is 0 Å². The molecule has 0 bridgehead atoms. The minimum absolute atomic E-state index is 0.225. The Labute approximate surface area is 67.5 Å². The molecule has 0 spiro atoms. The Balaban J connectivity index is 2.37. The van der Waals surface area contributed by atoms with Crippen molar-refractivity contribution in [1.82, 2.24) is 0 Å². The van der Waals surface area contributed by atoms with Crippen LogP contribution < -0.4 is 0 Å². The lowest BCUT2D eigenvalue weighted by Crippen LogP contribution is -2.19. The SMILES string of the molecule is C=C1CC[C@]2(C)CCC(=O)[C@H]12. The van der Waals surface area contributed by atoms with E-state index in [1.807, 2.05) is 0 Å². The van der Waals surface area contributed by atoms with Crippen LogP contribution in [-0.4, -0.2) is 5.78 Å². The lowest BCUT2D eigenvalue weighted by Gasteiger charge is -2.21. The topological polar surface area (TPSA) is 17.1 Å². The van der Waals surface area contributed by atoms with Crippen molar-refractivity contribution in [3.63, 3.8) is 0 Å². The number of Topliss-reactive ketones (excluding diaryl/α,β-unsaturated/α-hetero) is 1. The summed E-state index contributed by atoms with van der Waals surface area (Å²) >= 11 is 0. The van der Waals surface area contributed by atoms with Gasteiger partial charge in [0.05, 0.1) is 0 Å². The maximum Gasteiger partial charge on any atom is 0.140 e. The monoisotopic (exact) mass is 150 g/mol. The highest BCUT2D eigenvalue weighted by atomic mass is 16.1. The van der Waals surface area contributed by atoms with Gasteiger partial charge in [-0.25, -0.2) is 0 Å². The van der Waals surface area contributed by atoms with Gasteiger partial charge in [-0.2, -0.15) is 0 Å². The highest BCUT2D eigenvalue weighted by Gasteiger charge is 2.49. The van der Waals surface area contributed by atoms with Crippen molar-refractivity contribution in [2.45, 2.75) is 32.6 Å². The van der Waals surface area contributed by atoms with E-state index in [0.29, 0.717) is 11.2 Å². The molecule has 2 aliphatic carbocycles. The first kappa shape index (κ1) is 7.08. The van der Waals surface area contributed by atoms with Crippen LogP contribution in [0.2, 0.25) is 0 Å². The molecule has 0 heterocycles. The minimum atomic E-state index is 0.225. The molecule has 0 amide bonds. The second-order valence-corrected chi connectivity index (χ2v) is 4.21. The molecule has 1 nitrogen and oxygen atoms in total. The zero-order valence-electron chi connectivity index (χ0n) is 7.02. The van der Waals surface area contributed by atoms with Crippen molar-refractivity contribution in [1.29, 1.82) is 0 Å². The molecular weight excluding hydrogens is 136 g/mol. The normalized spacial score (nSPS) is 43.2. The number of carbonyl (C=O) groups excluding carboxylic acids is 1. The van der Waals surface area contributed by atoms with E-state index in [4.69, 9.17) is 0 Å². The second kappa shape index (κ2) is 1.96. The Morgan fingerprint density at radius 1 is 1.45 bits per heavy atom. The Bertz CT molecular complexity index is 207. The molecule has 0 unspecified atom stereocenters. The third-order valence-electron chi connectivity index (χ3n) is 3.39. The van der Waals surface area contributed by atoms with E-state index in [1.165, 1.54) is 12.0 Å². The summed E-state index contributed by atoms with van der Waals surface area (Å²) in [5, 5.41) is 0. The molecule has 2 saturated carbocycles. The van der Waals surface area contributed by atoms with Gasteiger partial charge in [-0.3, -0.25) is 4.79 Å². The zero-order valence-corrected chi connectivity index (χ0v) is 7.02. The number of fused-ring (bicyclic) bond motifs is 1. The van der Waals surface area contributed by atoms with Gasteiger partial charge in [0.2, 0.25) is 0 Å². The van der Waals surface area contributed by atoms with Gasteiger partial charge in [-0.1, -0.05) is 19.1 Å². The summed E-state index contributed by atoms with van der Waals surface area (Å²) in [5.41, 5.74) is 1.49. The third-order valence-corrected chi connectivity index (χ3v) is 3.39. The molecular formula is C10H14O. The lowest BCUT2D eigenvalue weighted by atomic mass is 9.82. The summed E-state index contributed by atoms with van der Waals surface area (Å²) in [6, 6.07) is 0. The van der Waals surface area contributed by atoms with Crippen LogP contribution in [0.3, 0.4) is 0 Å². The van der Waals surface area contributed by atoms with Crippen LogP contribution in [0.4, 0.5) is 0 Å². The Morgan fingerprint density at radius 2 is 2.09 bits per heavy atom. The average Bonchev–Trinajstić information content (AvgIpc) is 2.38. The maximum atomic E-state index is 11.4. The van der Waals surface area contributed by atoms with Crippen LogP contribution in [-0.2, 0) is 4.79 Å². The summed E-state index contributed by atoms with van der Waals surface area (Å²) in [6.07, 6.45) is 4.14. The maximum absolute atomic E-state index is 11.4. The summed E-state index contributed by atoms with van der Waals surface area (Å²) in [6.45, 7) is 6.21. The van der Waals surface area contributed by atoms with E-state index in [-0.39, 0.29) is 5.92 Å². The van der Waals surface area contributed by atoms with Crippen molar-refractivity contribution in [2.24, 2.45) is 11.3 Å². The van der Waals surface area contributed by atoms with E-state index in [1.54, 1.807) is 0 Å². The van der Waals surface area contributed by atoms with Crippen molar-refractivity contribution in [3.8, 4) is 0 Å². The molecule has 2 fully saturated rings. The van der Waals surface area contributed by atoms with Gasteiger partial charge in [-0.15, -0.1) is 0 Å². The summed E-state index contributed by atoms with van der Waals surface area (Å²) in [7, 11) is 0. The number of ketones is 1. The fraction of sp³-hybridized carbons (Fsp3) is 0.700. The lowest BCUT2D eigenvalue weighted by molar-refractivity contribution is -0.120. The van der Waals surface area contributed by atoms with Gasteiger partial charge in [0.1, 0.15) is 5.78 Å². The zero-order chi connectivity index (χ0) is 8.06. The molecule has 0 aliphatic heterocycles. The van der Waals surface area contributed by atoms with Gasteiger partial charge >= 0.3 is 0 Å². The molecule has 0 aromatic carbocycles. The van der Waals surface area contributed by atoms with Crippen LogP contribution in [0, 0.1) is 11.3 Å². The summed E-state index contributed by atoms with van der Waals surface area (Å²) < 4.78 is 0. The average molecular weight is 150 g/mol. The molecule has 11 heavy (non-hydrogen) atoms. The molecule has 2 rings (SSSR count). The number of rotatable bonds is 0.